The van der Waals surface area contributed by atoms with Gasteiger partial charge >= 0.3 is 0 Å². The number of hydrogen-bond acceptors (Lipinski definition) is 4. The van der Waals surface area contributed by atoms with Crippen LogP contribution in [0.2, 0.25) is 5.15 Å². The van der Waals surface area contributed by atoms with E-state index in [1.54, 1.807) is 13.0 Å². The summed E-state index contributed by atoms with van der Waals surface area (Å²) in [5.41, 5.74) is 6.42. The van der Waals surface area contributed by atoms with Crippen molar-refractivity contribution in [3.63, 3.8) is 0 Å². The number of hydrogen-bond donors (Lipinski definition) is 2. The van der Waals surface area contributed by atoms with Gasteiger partial charge in [-0.25, -0.2) is 9.97 Å². The number of amides is 1. The van der Waals surface area contributed by atoms with E-state index in [0.717, 1.165) is 12.8 Å². The minimum Gasteiger partial charge on any atom is -0.320 e. The van der Waals surface area contributed by atoms with Crippen molar-refractivity contribution in [2.75, 3.05) is 5.32 Å². The Kier molecular flexibility index (Phi) is 5.31. The van der Waals surface area contributed by atoms with E-state index in [9.17, 15) is 4.79 Å². The Bertz CT molecular complexity index is 377. The third-order valence-electron chi connectivity index (χ3n) is 2.26. The molecule has 0 aliphatic carbocycles. The normalized spacial score (nSPS) is 12.2. The summed E-state index contributed by atoms with van der Waals surface area (Å²) in [6.45, 7) is 3.83. The van der Waals surface area contributed by atoms with Gasteiger partial charge in [-0.15, -0.1) is 0 Å². The highest BCUT2D eigenvalue weighted by molar-refractivity contribution is 6.29. The highest BCUT2D eigenvalue weighted by atomic mass is 35.5. The van der Waals surface area contributed by atoms with Gasteiger partial charge in [0.15, 0.2) is 0 Å². The van der Waals surface area contributed by atoms with E-state index in [1.807, 2.05) is 6.92 Å². The zero-order valence-electron chi connectivity index (χ0n) is 10.0. The number of aromatic nitrogens is 2. The quantitative estimate of drug-likeness (QED) is 0.789. The van der Waals surface area contributed by atoms with Gasteiger partial charge in [-0.3, -0.25) is 10.1 Å². The summed E-state index contributed by atoms with van der Waals surface area (Å²) in [6.07, 6.45) is 2.58. The molecule has 0 aromatic carbocycles. The number of unbranched alkanes of at least 4 members (excludes halogenated alkanes) is 1. The van der Waals surface area contributed by atoms with E-state index >= 15 is 0 Å². The van der Waals surface area contributed by atoms with Gasteiger partial charge in [0.05, 0.1) is 6.04 Å². The number of carbonyl (C=O) groups excluding carboxylic acids is 1. The average molecular weight is 257 g/mol. The Hall–Kier alpha value is -1.20. The van der Waals surface area contributed by atoms with Gasteiger partial charge < -0.3 is 5.73 Å². The fourth-order valence-electron chi connectivity index (χ4n) is 1.34. The second-order valence-electron chi connectivity index (χ2n) is 3.89. The van der Waals surface area contributed by atoms with Crippen molar-refractivity contribution in [3.8, 4) is 0 Å². The molecule has 1 aromatic rings. The predicted molar refractivity (Wildman–Crippen MR) is 67.9 cm³/mol. The lowest BCUT2D eigenvalue weighted by Crippen LogP contribution is -2.36. The number of nitrogens with two attached hydrogens (primary N) is 1. The molecule has 1 unspecified atom stereocenters. The SMILES string of the molecule is CCCCC(N)C(=O)Nc1nc(C)cc(Cl)n1. The lowest BCUT2D eigenvalue weighted by Gasteiger charge is -2.10. The maximum atomic E-state index is 11.7. The first-order valence-electron chi connectivity index (χ1n) is 5.60. The molecule has 1 atom stereocenters. The minimum atomic E-state index is -0.530. The van der Waals surface area contributed by atoms with Crippen molar-refractivity contribution in [3.05, 3.63) is 16.9 Å². The standard InChI is InChI=1S/C11H17ClN4O/c1-3-4-5-8(13)10(17)16-11-14-7(2)6-9(12)15-11/h6,8H,3-5,13H2,1-2H3,(H,14,15,16,17). The van der Waals surface area contributed by atoms with Crippen LogP contribution in [0.5, 0.6) is 0 Å². The smallest absolute Gasteiger partial charge is 0.243 e. The predicted octanol–water partition coefficient (Wildman–Crippen LogP) is 1.89. The van der Waals surface area contributed by atoms with E-state index in [0.29, 0.717) is 17.3 Å². The van der Waals surface area contributed by atoms with Gasteiger partial charge in [-0.2, -0.15) is 0 Å². The Morgan fingerprint density at radius 3 is 2.88 bits per heavy atom. The van der Waals surface area contributed by atoms with Crippen LogP contribution in [0.1, 0.15) is 31.9 Å². The summed E-state index contributed by atoms with van der Waals surface area (Å²) in [5.74, 6) is -0.0768. The molecule has 1 aromatic heterocycles. The minimum absolute atomic E-state index is 0.201. The van der Waals surface area contributed by atoms with Crippen LogP contribution in [0.15, 0.2) is 6.07 Å². The summed E-state index contributed by atoms with van der Waals surface area (Å²) in [4.78, 5) is 19.6. The maximum absolute atomic E-state index is 11.7. The molecule has 6 heteroatoms. The van der Waals surface area contributed by atoms with Crippen molar-refractivity contribution in [1.29, 1.82) is 0 Å². The Morgan fingerprint density at radius 2 is 2.29 bits per heavy atom. The van der Waals surface area contributed by atoms with Gasteiger partial charge in [0, 0.05) is 5.69 Å². The van der Waals surface area contributed by atoms with Gasteiger partial charge in [0.1, 0.15) is 5.15 Å². The largest absolute Gasteiger partial charge is 0.320 e. The number of rotatable bonds is 5. The van der Waals surface area contributed by atoms with Gasteiger partial charge in [-0.1, -0.05) is 31.4 Å². The van der Waals surface area contributed by atoms with E-state index in [4.69, 9.17) is 17.3 Å². The fourth-order valence-corrected chi connectivity index (χ4v) is 1.58. The number of nitrogens with zero attached hydrogens (tertiary/aromatic N) is 2. The van der Waals surface area contributed by atoms with E-state index in [1.165, 1.54) is 0 Å². The van der Waals surface area contributed by atoms with Crippen LogP contribution in [0, 0.1) is 6.92 Å². The lowest BCUT2D eigenvalue weighted by atomic mass is 10.1. The molecule has 0 radical (unpaired) electrons. The monoisotopic (exact) mass is 256 g/mol. The van der Waals surface area contributed by atoms with Crippen LogP contribution in [-0.4, -0.2) is 21.9 Å². The van der Waals surface area contributed by atoms with Crippen LogP contribution in [0.25, 0.3) is 0 Å². The molecule has 0 bridgehead atoms. The second-order valence-corrected chi connectivity index (χ2v) is 4.28. The molecule has 0 aliphatic rings. The van der Waals surface area contributed by atoms with Gasteiger partial charge in [0.2, 0.25) is 11.9 Å². The molecular weight excluding hydrogens is 240 g/mol. The molecular formula is C11H17ClN4O. The second kappa shape index (κ2) is 6.51. The summed E-state index contributed by atoms with van der Waals surface area (Å²) >= 11 is 5.76. The first-order valence-corrected chi connectivity index (χ1v) is 5.98. The van der Waals surface area contributed by atoms with Crippen LogP contribution < -0.4 is 11.1 Å². The summed E-state index contributed by atoms with van der Waals surface area (Å²) in [7, 11) is 0. The highest BCUT2D eigenvalue weighted by Gasteiger charge is 2.14. The number of aryl methyl sites for hydroxylation is 1. The molecule has 1 heterocycles. The van der Waals surface area contributed by atoms with E-state index in [-0.39, 0.29) is 11.9 Å². The lowest BCUT2D eigenvalue weighted by molar-refractivity contribution is -0.117. The van der Waals surface area contributed by atoms with E-state index in [2.05, 4.69) is 15.3 Å². The number of halogens is 1. The summed E-state index contributed by atoms with van der Waals surface area (Å²) in [6, 6.07) is 1.09. The topological polar surface area (TPSA) is 80.9 Å². The van der Waals surface area contributed by atoms with Crippen molar-refractivity contribution in [2.45, 2.75) is 39.2 Å². The fraction of sp³-hybridized carbons (Fsp3) is 0.545. The third kappa shape index (κ3) is 4.66. The molecule has 0 aliphatic heterocycles. The van der Waals surface area contributed by atoms with Crippen molar-refractivity contribution < 1.29 is 4.79 Å². The number of carbonyl (C=O) groups is 1. The van der Waals surface area contributed by atoms with Crippen LogP contribution in [0.3, 0.4) is 0 Å². The van der Waals surface area contributed by atoms with Gasteiger partial charge in [0.25, 0.3) is 0 Å². The molecule has 1 amide bonds. The Balaban J connectivity index is 2.61. The zero-order valence-corrected chi connectivity index (χ0v) is 10.8. The van der Waals surface area contributed by atoms with E-state index < -0.39 is 6.04 Å². The third-order valence-corrected chi connectivity index (χ3v) is 2.46. The molecule has 0 saturated carbocycles. The molecule has 0 fully saturated rings. The number of nitrogens with one attached hydrogen (secondary N) is 1. The molecule has 3 N–H and O–H groups in total. The highest BCUT2D eigenvalue weighted by Crippen LogP contribution is 2.10. The molecule has 0 spiro atoms. The summed E-state index contributed by atoms with van der Waals surface area (Å²) in [5, 5.41) is 2.86. The Labute approximate surface area is 106 Å². The first-order chi connectivity index (χ1) is 8.02. The van der Waals surface area contributed by atoms with Crippen molar-refractivity contribution >= 4 is 23.5 Å². The van der Waals surface area contributed by atoms with Crippen LogP contribution in [0.4, 0.5) is 5.95 Å². The van der Waals surface area contributed by atoms with Crippen LogP contribution >= 0.6 is 11.6 Å². The Morgan fingerprint density at radius 1 is 1.59 bits per heavy atom. The molecule has 5 nitrogen and oxygen atoms in total. The molecule has 0 saturated heterocycles. The zero-order chi connectivity index (χ0) is 12.8. The molecule has 94 valence electrons. The van der Waals surface area contributed by atoms with Crippen LogP contribution in [-0.2, 0) is 4.79 Å². The average Bonchev–Trinajstić information content (AvgIpc) is 2.24. The maximum Gasteiger partial charge on any atom is 0.243 e. The van der Waals surface area contributed by atoms with Crippen molar-refractivity contribution in [1.82, 2.24) is 9.97 Å². The first kappa shape index (κ1) is 13.9. The van der Waals surface area contributed by atoms with Crippen molar-refractivity contribution in [2.24, 2.45) is 5.73 Å². The molecule has 17 heavy (non-hydrogen) atoms. The van der Waals surface area contributed by atoms with Gasteiger partial charge in [-0.05, 0) is 19.4 Å². The number of anilines is 1. The summed E-state index contributed by atoms with van der Waals surface area (Å²) < 4.78 is 0. The molecule has 1 rings (SSSR count).